The van der Waals surface area contributed by atoms with Gasteiger partial charge in [0, 0.05) is 11.9 Å². The largest absolute Gasteiger partial charge is 0.352 e. The lowest BCUT2D eigenvalue weighted by Crippen LogP contribution is -2.28. The van der Waals surface area contributed by atoms with Crippen LogP contribution in [0, 0.1) is 25.2 Å². The summed E-state index contributed by atoms with van der Waals surface area (Å²) in [6.07, 6.45) is 0.177. The van der Waals surface area contributed by atoms with Crippen LogP contribution in [0.2, 0.25) is 0 Å². The van der Waals surface area contributed by atoms with Gasteiger partial charge >= 0.3 is 0 Å². The number of carbonyl (C=O) groups is 1. The molecule has 0 atom stereocenters. The minimum atomic E-state index is -0.430. The summed E-state index contributed by atoms with van der Waals surface area (Å²) in [4.78, 5) is 28.9. The fourth-order valence-corrected chi connectivity index (χ4v) is 3.45. The van der Waals surface area contributed by atoms with Crippen molar-refractivity contribution < 1.29 is 4.79 Å². The van der Waals surface area contributed by atoms with Gasteiger partial charge in [0.1, 0.15) is 16.6 Å². The van der Waals surface area contributed by atoms with Crippen LogP contribution < -0.4 is 10.9 Å². The number of aromatic nitrogens is 3. The van der Waals surface area contributed by atoms with Gasteiger partial charge in [0.2, 0.25) is 5.91 Å². The topological polar surface area (TPSA) is 101 Å². The van der Waals surface area contributed by atoms with Crippen LogP contribution in [0.5, 0.6) is 0 Å². The second-order valence-electron chi connectivity index (χ2n) is 6.33. The molecule has 28 heavy (non-hydrogen) atoms. The minimum Gasteiger partial charge on any atom is -0.352 e. The summed E-state index contributed by atoms with van der Waals surface area (Å²) in [7, 11) is 0. The first-order valence-corrected chi connectivity index (χ1v) is 9.58. The zero-order valence-corrected chi connectivity index (χ0v) is 16.4. The van der Waals surface area contributed by atoms with Crippen LogP contribution in [0.3, 0.4) is 0 Å². The number of nitriles is 1. The molecule has 0 unspecified atom stereocenters. The predicted octanol–water partition coefficient (Wildman–Crippen LogP) is 2.10. The number of nitrogens with zero attached hydrogens (tertiary/aromatic N) is 4. The Labute approximate surface area is 166 Å². The molecule has 142 valence electrons. The third-order valence-corrected chi connectivity index (χ3v) is 5.20. The molecule has 0 aliphatic heterocycles. The van der Waals surface area contributed by atoms with Crippen molar-refractivity contribution in [1.82, 2.24) is 20.1 Å². The van der Waals surface area contributed by atoms with Crippen molar-refractivity contribution in [3.05, 3.63) is 79.2 Å². The Morgan fingerprint density at radius 3 is 2.75 bits per heavy atom. The molecule has 1 aromatic carbocycles. The number of amides is 1. The number of aryl methyl sites for hydroxylation is 1. The maximum absolute atomic E-state index is 12.4. The zero-order valence-electron chi connectivity index (χ0n) is 15.6. The lowest BCUT2D eigenvalue weighted by molar-refractivity contribution is -0.120. The summed E-state index contributed by atoms with van der Waals surface area (Å²) in [5, 5.41) is 18.8. The quantitative estimate of drug-likeness (QED) is 0.691. The molecule has 1 N–H and O–H groups in total. The smallest absolute Gasteiger partial charge is 0.285 e. The number of nitrogens with one attached hydrogen (secondary N) is 1. The van der Waals surface area contributed by atoms with E-state index in [9.17, 15) is 14.9 Å². The van der Waals surface area contributed by atoms with Gasteiger partial charge in [-0.1, -0.05) is 30.3 Å². The Kier molecular flexibility index (Phi) is 5.96. The van der Waals surface area contributed by atoms with Crippen molar-refractivity contribution in [1.29, 1.82) is 5.26 Å². The van der Waals surface area contributed by atoms with Gasteiger partial charge in [-0.05, 0) is 25.0 Å². The van der Waals surface area contributed by atoms with Crippen molar-refractivity contribution in [2.45, 2.75) is 33.4 Å². The van der Waals surface area contributed by atoms with Crippen LogP contribution in [-0.2, 0) is 24.3 Å². The second-order valence-corrected chi connectivity index (χ2v) is 7.27. The normalized spacial score (nSPS) is 10.5. The molecule has 0 aliphatic carbocycles. The third kappa shape index (κ3) is 4.50. The number of hydrogen-bond donors (Lipinski definition) is 1. The molecule has 2 heterocycles. The monoisotopic (exact) mass is 393 g/mol. The van der Waals surface area contributed by atoms with E-state index >= 15 is 0 Å². The molecule has 0 saturated carbocycles. The van der Waals surface area contributed by atoms with Crippen LogP contribution in [-0.4, -0.2) is 20.7 Å². The van der Waals surface area contributed by atoms with E-state index in [2.05, 4.69) is 15.4 Å². The summed E-state index contributed by atoms with van der Waals surface area (Å²) in [6.45, 7) is 4.10. The van der Waals surface area contributed by atoms with Crippen LogP contribution in [0.4, 0.5) is 0 Å². The highest BCUT2D eigenvalue weighted by atomic mass is 32.1. The number of benzene rings is 1. The van der Waals surface area contributed by atoms with E-state index in [0.29, 0.717) is 28.5 Å². The molecule has 0 saturated heterocycles. The zero-order chi connectivity index (χ0) is 20.1. The van der Waals surface area contributed by atoms with E-state index in [-0.39, 0.29) is 24.4 Å². The summed E-state index contributed by atoms with van der Waals surface area (Å²) in [6, 6.07) is 11.6. The summed E-state index contributed by atoms with van der Waals surface area (Å²) in [5.74, 6) is -0.113. The number of rotatable bonds is 6. The number of hydrogen-bond acceptors (Lipinski definition) is 6. The van der Waals surface area contributed by atoms with Gasteiger partial charge in [0.15, 0.2) is 0 Å². The number of thiazole rings is 1. The van der Waals surface area contributed by atoms with Crippen LogP contribution >= 0.6 is 11.3 Å². The molecule has 1 amide bonds. The van der Waals surface area contributed by atoms with Gasteiger partial charge < -0.3 is 5.32 Å². The molecular weight excluding hydrogens is 374 g/mol. The lowest BCUT2D eigenvalue weighted by Gasteiger charge is -2.07. The summed E-state index contributed by atoms with van der Waals surface area (Å²) in [5.41, 5.74) is 2.57. The highest BCUT2D eigenvalue weighted by Gasteiger charge is 2.14. The first-order valence-electron chi connectivity index (χ1n) is 8.70. The molecular formula is C20H19N5O2S. The molecule has 0 bridgehead atoms. The molecule has 3 rings (SSSR count). The van der Waals surface area contributed by atoms with Gasteiger partial charge in [0.25, 0.3) is 5.56 Å². The van der Waals surface area contributed by atoms with Crippen molar-refractivity contribution in [2.75, 3.05) is 0 Å². The first kappa shape index (κ1) is 19.5. The fourth-order valence-electron chi connectivity index (χ4n) is 2.66. The maximum atomic E-state index is 12.4. The van der Waals surface area contributed by atoms with E-state index in [0.717, 1.165) is 5.56 Å². The van der Waals surface area contributed by atoms with Crippen molar-refractivity contribution in [3.63, 3.8) is 0 Å². The predicted molar refractivity (Wildman–Crippen MR) is 106 cm³/mol. The van der Waals surface area contributed by atoms with Gasteiger partial charge in [-0.2, -0.15) is 10.4 Å². The van der Waals surface area contributed by atoms with Crippen molar-refractivity contribution in [3.8, 4) is 6.07 Å². The second kappa shape index (κ2) is 8.59. The SMILES string of the molecule is Cc1nn(Cc2csc(CC(=O)NCc3ccccc3)n2)c(=O)c(C#N)c1C. The summed E-state index contributed by atoms with van der Waals surface area (Å²) < 4.78 is 1.25. The first-order chi connectivity index (χ1) is 13.5. The van der Waals surface area contributed by atoms with Crippen molar-refractivity contribution in [2.24, 2.45) is 0 Å². The molecule has 0 aliphatic rings. The molecule has 0 radical (unpaired) electrons. The van der Waals surface area contributed by atoms with Gasteiger partial charge in [-0.3, -0.25) is 9.59 Å². The van der Waals surface area contributed by atoms with Gasteiger partial charge in [-0.25, -0.2) is 9.67 Å². The highest BCUT2D eigenvalue weighted by molar-refractivity contribution is 7.09. The van der Waals surface area contributed by atoms with Gasteiger partial charge in [-0.15, -0.1) is 11.3 Å². The Morgan fingerprint density at radius 2 is 2.04 bits per heavy atom. The summed E-state index contributed by atoms with van der Waals surface area (Å²) >= 11 is 1.36. The van der Waals surface area contributed by atoms with E-state index < -0.39 is 5.56 Å². The van der Waals surface area contributed by atoms with Crippen molar-refractivity contribution >= 4 is 17.2 Å². The molecule has 0 spiro atoms. The van der Waals surface area contributed by atoms with Gasteiger partial charge in [0.05, 0.1) is 24.4 Å². The lowest BCUT2D eigenvalue weighted by atomic mass is 10.1. The van der Waals surface area contributed by atoms with Crippen LogP contribution in [0.25, 0.3) is 0 Å². The highest BCUT2D eigenvalue weighted by Crippen LogP contribution is 2.12. The van der Waals surface area contributed by atoms with E-state index in [1.807, 2.05) is 36.4 Å². The standard InChI is InChI=1S/C20H19N5O2S/c1-13-14(2)24-25(20(27)17(13)9-21)11-16-12-28-19(23-16)8-18(26)22-10-15-6-4-3-5-7-15/h3-7,12H,8,10-11H2,1-2H3,(H,22,26). The minimum absolute atomic E-state index is 0.100. The van der Waals surface area contributed by atoms with E-state index in [4.69, 9.17) is 0 Å². The fraction of sp³-hybridized carbons (Fsp3) is 0.250. The average Bonchev–Trinajstić information content (AvgIpc) is 3.12. The molecule has 2 aromatic heterocycles. The Bertz CT molecular complexity index is 1100. The Morgan fingerprint density at radius 1 is 1.29 bits per heavy atom. The molecule has 0 fully saturated rings. The maximum Gasteiger partial charge on any atom is 0.285 e. The average molecular weight is 393 g/mol. The molecule has 8 heteroatoms. The Hall–Kier alpha value is -3.31. The van der Waals surface area contributed by atoms with Crippen LogP contribution in [0.1, 0.15) is 33.1 Å². The molecule has 7 nitrogen and oxygen atoms in total. The van der Waals surface area contributed by atoms with Crippen LogP contribution in [0.15, 0.2) is 40.5 Å². The molecule has 3 aromatic rings. The Balaban J connectivity index is 1.65. The van der Waals surface area contributed by atoms with E-state index in [1.165, 1.54) is 16.0 Å². The third-order valence-electron chi connectivity index (χ3n) is 4.30. The number of carbonyl (C=O) groups excluding carboxylic acids is 1. The van der Waals surface area contributed by atoms with E-state index in [1.54, 1.807) is 19.2 Å².